The molecule has 0 aliphatic heterocycles. The van der Waals surface area contributed by atoms with E-state index in [1.54, 1.807) is 24.3 Å². The molecule has 4 N–H and O–H groups in total. The largest absolute Gasteiger partial charge is 0.508 e. The smallest absolute Gasteiger partial charge is 0.322 e. The average Bonchev–Trinajstić information content (AvgIpc) is 2.86. The Morgan fingerprint density at radius 2 is 1.46 bits per heavy atom. The van der Waals surface area contributed by atoms with Crippen LogP contribution in [0.2, 0.25) is 0 Å². The molecule has 9 nitrogen and oxygen atoms in total. The Kier molecular flexibility index (Phi) is 9.63. The Balaban J connectivity index is 2.09. The number of aliphatic hydroxyl groups is 3. The number of allylic oxidation sites excluding steroid dienone is 3. The minimum atomic E-state index is -1.47. The van der Waals surface area contributed by atoms with E-state index in [0.29, 0.717) is 11.1 Å². The summed E-state index contributed by atoms with van der Waals surface area (Å²) in [6, 6.07) is 9.20. The predicted molar refractivity (Wildman–Crippen MR) is 129 cm³/mol. The molecule has 0 amide bonds. The van der Waals surface area contributed by atoms with Gasteiger partial charge < -0.3 is 34.6 Å². The number of rotatable bonds is 11. The van der Waals surface area contributed by atoms with Gasteiger partial charge in [0, 0.05) is 6.08 Å². The van der Waals surface area contributed by atoms with Gasteiger partial charge in [0.25, 0.3) is 0 Å². The topological polar surface area (TPSA) is 143 Å². The zero-order valence-corrected chi connectivity index (χ0v) is 19.6. The van der Waals surface area contributed by atoms with Crippen LogP contribution in [0.4, 0.5) is 0 Å². The van der Waals surface area contributed by atoms with E-state index < -0.39 is 30.4 Å². The van der Waals surface area contributed by atoms with Crippen molar-refractivity contribution in [2.45, 2.75) is 6.92 Å². The Morgan fingerprint density at radius 1 is 0.886 bits per heavy atom. The Labute approximate surface area is 202 Å². The van der Waals surface area contributed by atoms with Gasteiger partial charge in [0.1, 0.15) is 11.2 Å². The number of esters is 1. The number of hydrogen-bond donors (Lipinski definition) is 4. The molecule has 0 spiro atoms. The van der Waals surface area contributed by atoms with E-state index in [2.05, 4.69) is 0 Å². The van der Waals surface area contributed by atoms with E-state index in [4.69, 9.17) is 14.2 Å². The van der Waals surface area contributed by atoms with Crippen LogP contribution < -0.4 is 14.2 Å². The van der Waals surface area contributed by atoms with Gasteiger partial charge in [0.15, 0.2) is 28.8 Å². The van der Waals surface area contributed by atoms with Crippen molar-refractivity contribution in [2.24, 2.45) is 5.41 Å². The molecule has 0 aliphatic rings. The van der Waals surface area contributed by atoms with Gasteiger partial charge in [0.2, 0.25) is 0 Å². The molecule has 0 heterocycles. The van der Waals surface area contributed by atoms with Crippen LogP contribution in [0.25, 0.3) is 12.2 Å². The first kappa shape index (κ1) is 27.2. The molecule has 0 bridgehead atoms. The van der Waals surface area contributed by atoms with Crippen LogP contribution in [-0.4, -0.2) is 59.6 Å². The van der Waals surface area contributed by atoms with Crippen molar-refractivity contribution < 1.29 is 44.2 Å². The van der Waals surface area contributed by atoms with E-state index in [1.807, 2.05) is 0 Å². The van der Waals surface area contributed by atoms with Gasteiger partial charge in [-0.25, -0.2) is 0 Å². The van der Waals surface area contributed by atoms with Gasteiger partial charge in [-0.2, -0.15) is 0 Å². The number of benzene rings is 2. The molecular formula is C26H28O9. The summed E-state index contributed by atoms with van der Waals surface area (Å²) in [6.45, 7) is 0.183. The average molecular weight is 485 g/mol. The number of carbonyl (C=O) groups is 2. The SMILES string of the molecule is COc1cc(/C=C/C(O)=C/C(=O)/C=C/c2ccc(OC(=O)C(C)(CO)CO)c(OC)c2)ccc1O. The van der Waals surface area contributed by atoms with Crippen molar-refractivity contribution in [3.63, 3.8) is 0 Å². The van der Waals surface area contributed by atoms with Gasteiger partial charge in [-0.05, 0) is 54.5 Å². The molecule has 0 fully saturated rings. The lowest BCUT2D eigenvalue weighted by Gasteiger charge is -2.22. The summed E-state index contributed by atoms with van der Waals surface area (Å²) in [4.78, 5) is 24.4. The monoisotopic (exact) mass is 484 g/mol. The lowest BCUT2D eigenvalue weighted by atomic mass is 9.93. The maximum Gasteiger partial charge on any atom is 0.322 e. The van der Waals surface area contributed by atoms with Gasteiger partial charge in [-0.1, -0.05) is 24.3 Å². The fourth-order valence-corrected chi connectivity index (χ4v) is 2.67. The number of ketones is 1. The molecule has 2 aromatic carbocycles. The van der Waals surface area contributed by atoms with Gasteiger partial charge in [-0.15, -0.1) is 0 Å². The highest BCUT2D eigenvalue weighted by atomic mass is 16.6. The Bertz CT molecular complexity index is 1140. The zero-order valence-electron chi connectivity index (χ0n) is 19.6. The molecule has 0 saturated heterocycles. The summed E-state index contributed by atoms with van der Waals surface area (Å²) in [7, 11) is 2.80. The first-order valence-corrected chi connectivity index (χ1v) is 10.5. The standard InChI is InChI=1S/C26H28O9/c1-26(15-27,16-28)25(32)35-22-11-7-18(13-24(22)34-3)5-9-20(30)14-19(29)8-4-17-6-10-21(31)23(12-17)33-2/h4-14,27-29,31H,15-16H2,1-3H3/b8-4+,9-5+,19-14-. The minimum Gasteiger partial charge on any atom is -0.508 e. The molecule has 0 atom stereocenters. The fraction of sp³-hybridized carbons (Fsp3) is 0.231. The van der Waals surface area contributed by atoms with Gasteiger partial charge >= 0.3 is 5.97 Å². The molecule has 0 aromatic heterocycles. The van der Waals surface area contributed by atoms with E-state index in [1.165, 1.54) is 57.6 Å². The number of phenolic OH excluding ortho intramolecular Hbond substituents is 1. The van der Waals surface area contributed by atoms with E-state index >= 15 is 0 Å². The summed E-state index contributed by atoms with van der Waals surface area (Å²) in [5.74, 6) is -1.02. The number of aliphatic hydroxyl groups excluding tert-OH is 3. The number of hydrogen-bond acceptors (Lipinski definition) is 9. The minimum absolute atomic E-state index is 0.0126. The third-order valence-corrected chi connectivity index (χ3v) is 4.96. The van der Waals surface area contributed by atoms with Crippen molar-refractivity contribution in [3.8, 4) is 23.0 Å². The lowest BCUT2D eigenvalue weighted by Crippen LogP contribution is -2.38. The summed E-state index contributed by atoms with van der Waals surface area (Å²) in [5.41, 5.74) is -0.261. The van der Waals surface area contributed by atoms with Crippen LogP contribution in [0.1, 0.15) is 18.1 Å². The number of aromatic hydroxyl groups is 1. The maximum atomic E-state index is 12.2. The van der Waals surface area contributed by atoms with Crippen LogP contribution in [0.15, 0.2) is 60.4 Å². The molecule has 0 aliphatic carbocycles. The molecule has 9 heteroatoms. The molecule has 2 rings (SSSR count). The Morgan fingerprint density at radius 3 is 2.06 bits per heavy atom. The van der Waals surface area contributed by atoms with Crippen LogP contribution in [0, 0.1) is 5.41 Å². The zero-order chi connectivity index (χ0) is 26.0. The lowest BCUT2D eigenvalue weighted by molar-refractivity contribution is -0.150. The molecule has 0 saturated carbocycles. The van der Waals surface area contributed by atoms with Crippen molar-refractivity contribution in [1.29, 1.82) is 0 Å². The van der Waals surface area contributed by atoms with Crippen LogP contribution in [0.3, 0.4) is 0 Å². The summed E-state index contributed by atoms with van der Waals surface area (Å²) in [5, 5.41) is 38.3. The molecule has 186 valence electrons. The molecule has 2 aromatic rings. The number of ether oxygens (including phenoxy) is 3. The highest BCUT2D eigenvalue weighted by Crippen LogP contribution is 2.31. The first-order valence-electron chi connectivity index (χ1n) is 10.5. The van der Waals surface area contributed by atoms with Crippen molar-refractivity contribution >= 4 is 23.9 Å². The number of phenols is 1. The van der Waals surface area contributed by atoms with Crippen LogP contribution in [-0.2, 0) is 9.59 Å². The van der Waals surface area contributed by atoms with Crippen molar-refractivity contribution in [1.82, 2.24) is 0 Å². The maximum absolute atomic E-state index is 12.2. The van der Waals surface area contributed by atoms with Crippen LogP contribution in [0.5, 0.6) is 23.0 Å². The highest BCUT2D eigenvalue weighted by Gasteiger charge is 2.34. The Hall–Kier alpha value is -4.08. The molecule has 0 radical (unpaired) electrons. The molecule has 35 heavy (non-hydrogen) atoms. The van der Waals surface area contributed by atoms with Gasteiger partial charge in [-0.3, -0.25) is 9.59 Å². The normalized spacial score (nSPS) is 12.2. The third kappa shape index (κ3) is 7.46. The number of methoxy groups -OCH3 is 2. The highest BCUT2D eigenvalue weighted by molar-refractivity contribution is 6.02. The summed E-state index contributed by atoms with van der Waals surface area (Å²) in [6.07, 6.45) is 6.64. The summed E-state index contributed by atoms with van der Waals surface area (Å²) < 4.78 is 15.5. The van der Waals surface area contributed by atoms with E-state index in [0.717, 1.165) is 6.08 Å². The summed E-state index contributed by atoms with van der Waals surface area (Å²) >= 11 is 0. The van der Waals surface area contributed by atoms with Crippen molar-refractivity contribution in [2.75, 3.05) is 27.4 Å². The fourth-order valence-electron chi connectivity index (χ4n) is 2.67. The van der Waals surface area contributed by atoms with Crippen LogP contribution >= 0.6 is 0 Å². The second-order valence-electron chi connectivity index (χ2n) is 7.75. The number of carbonyl (C=O) groups excluding carboxylic acids is 2. The molecule has 0 unspecified atom stereocenters. The second-order valence-corrected chi connectivity index (χ2v) is 7.75. The first-order chi connectivity index (χ1) is 16.6. The van der Waals surface area contributed by atoms with Crippen molar-refractivity contribution in [3.05, 3.63) is 71.5 Å². The predicted octanol–water partition coefficient (Wildman–Crippen LogP) is 3.04. The second kappa shape index (κ2) is 12.4. The third-order valence-electron chi connectivity index (χ3n) is 4.96. The molecular weight excluding hydrogens is 456 g/mol. The van der Waals surface area contributed by atoms with E-state index in [-0.39, 0.29) is 28.8 Å². The van der Waals surface area contributed by atoms with E-state index in [9.17, 15) is 30.0 Å². The van der Waals surface area contributed by atoms with Gasteiger partial charge in [0.05, 0.1) is 27.4 Å². The quantitative estimate of drug-likeness (QED) is 0.124.